The number of fused-ring (bicyclic) bond motifs is 1. The number of anilines is 1. The highest BCUT2D eigenvalue weighted by atomic mass is 19.3. The van der Waals surface area contributed by atoms with E-state index in [1.165, 1.54) is 12.5 Å². The Morgan fingerprint density at radius 1 is 1.20 bits per heavy atom. The van der Waals surface area contributed by atoms with Crippen molar-refractivity contribution in [1.82, 2.24) is 0 Å². The van der Waals surface area contributed by atoms with Crippen LogP contribution in [0.5, 0.6) is 0 Å². The molecule has 3 rings (SSSR count). The second-order valence-electron chi connectivity index (χ2n) is 4.56. The first-order chi connectivity index (χ1) is 7.24. The normalized spacial score (nSPS) is 28.3. The number of hydrogen-bond donors (Lipinski definition) is 0. The highest BCUT2D eigenvalue weighted by molar-refractivity contribution is 5.50. The molecule has 3 heteroatoms. The van der Waals surface area contributed by atoms with E-state index >= 15 is 0 Å². The van der Waals surface area contributed by atoms with Crippen molar-refractivity contribution >= 4 is 5.69 Å². The van der Waals surface area contributed by atoms with Crippen LogP contribution in [0.15, 0.2) is 24.3 Å². The van der Waals surface area contributed by atoms with Crippen molar-refractivity contribution in [3.63, 3.8) is 0 Å². The molecule has 1 aliphatic carbocycles. The van der Waals surface area contributed by atoms with Crippen LogP contribution in [0.4, 0.5) is 14.5 Å². The summed E-state index contributed by atoms with van der Waals surface area (Å²) >= 11 is 0. The molecule has 0 amide bonds. The summed E-state index contributed by atoms with van der Waals surface area (Å²) in [6.07, 6.45) is -1.02. The van der Waals surface area contributed by atoms with Crippen LogP contribution in [-0.2, 0) is 0 Å². The summed E-state index contributed by atoms with van der Waals surface area (Å²) in [5, 5.41) is 0. The molecular formula is C12H13F2N. The highest BCUT2D eigenvalue weighted by Crippen LogP contribution is 2.46. The van der Waals surface area contributed by atoms with Crippen molar-refractivity contribution in [2.24, 2.45) is 11.8 Å². The minimum atomic E-state index is -2.36. The summed E-state index contributed by atoms with van der Waals surface area (Å²) in [4.78, 5) is 2.23. The topological polar surface area (TPSA) is 3.24 Å². The average Bonchev–Trinajstić information content (AvgIpc) is 2.86. The molecule has 1 heterocycles. The van der Waals surface area contributed by atoms with Gasteiger partial charge in [-0.15, -0.1) is 0 Å². The first kappa shape index (κ1) is 9.13. The van der Waals surface area contributed by atoms with Crippen LogP contribution >= 0.6 is 0 Å². The number of benzene rings is 1. The zero-order chi connectivity index (χ0) is 10.4. The molecule has 1 aromatic carbocycles. The molecule has 2 unspecified atom stereocenters. The van der Waals surface area contributed by atoms with E-state index in [1.54, 1.807) is 12.1 Å². The Balaban J connectivity index is 1.82. The van der Waals surface area contributed by atoms with Gasteiger partial charge in [-0.1, -0.05) is 12.1 Å². The van der Waals surface area contributed by atoms with E-state index in [9.17, 15) is 8.78 Å². The van der Waals surface area contributed by atoms with Crippen LogP contribution in [0.3, 0.4) is 0 Å². The molecule has 1 saturated heterocycles. The maximum absolute atomic E-state index is 12.5. The van der Waals surface area contributed by atoms with Crippen molar-refractivity contribution < 1.29 is 8.78 Å². The second-order valence-corrected chi connectivity index (χ2v) is 4.56. The molecule has 2 atom stereocenters. The van der Waals surface area contributed by atoms with Gasteiger partial charge >= 0.3 is 0 Å². The summed E-state index contributed by atoms with van der Waals surface area (Å²) in [5.74, 6) is 1.67. The molecule has 0 N–H and O–H groups in total. The fraction of sp³-hybridized carbons (Fsp3) is 0.500. The SMILES string of the molecule is FC(F)c1cccc(N2CC3CC3C2)c1. The fourth-order valence-electron chi connectivity index (χ4n) is 2.47. The number of alkyl halides is 2. The lowest BCUT2D eigenvalue weighted by Crippen LogP contribution is -2.21. The van der Waals surface area contributed by atoms with Gasteiger partial charge in [-0.25, -0.2) is 8.78 Å². The third-order valence-electron chi connectivity index (χ3n) is 3.47. The number of hydrogen-bond acceptors (Lipinski definition) is 1. The maximum Gasteiger partial charge on any atom is 0.263 e. The summed E-state index contributed by atoms with van der Waals surface area (Å²) in [6, 6.07) is 6.76. The minimum absolute atomic E-state index is 0.132. The van der Waals surface area contributed by atoms with Crippen molar-refractivity contribution in [3.8, 4) is 0 Å². The molecule has 15 heavy (non-hydrogen) atoms. The lowest BCUT2D eigenvalue weighted by Gasteiger charge is -2.20. The first-order valence-corrected chi connectivity index (χ1v) is 5.37. The third kappa shape index (κ3) is 1.60. The summed E-state index contributed by atoms with van der Waals surface area (Å²) in [5.41, 5.74) is 1.09. The van der Waals surface area contributed by atoms with E-state index in [1.807, 2.05) is 6.07 Å². The van der Waals surface area contributed by atoms with Gasteiger partial charge in [0.15, 0.2) is 0 Å². The van der Waals surface area contributed by atoms with Gasteiger partial charge in [0.2, 0.25) is 0 Å². The van der Waals surface area contributed by atoms with Gasteiger partial charge in [-0.3, -0.25) is 0 Å². The summed E-state index contributed by atoms with van der Waals surface area (Å²) in [6.45, 7) is 2.11. The molecule has 0 radical (unpaired) electrons. The van der Waals surface area contributed by atoms with Crippen LogP contribution in [0.1, 0.15) is 18.4 Å². The van der Waals surface area contributed by atoms with E-state index in [0.29, 0.717) is 0 Å². The van der Waals surface area contributed by atoms with Crippen LogP contribution in [0, 0.1) is 11.8 Å². The molecule has 1 aromatic rings. The Morgan fingerprint density at radius 2 is 1.93 bits per heavy atom. The number of nitrogens with zero attached hydrogens (tertiary/aromatic N) is 1. The quantitative estimate of drug-likeness (QED) is 0.723. The van der Waals surface area contributed by atoms with Gasteiger partial charge in [0.1, 0.15) is 0 Å². The molecule has 2 aliphatic rings. The van der Waals surface area contributed by atoms with Gasteiger partial charge in [0.05, 0.1) is 0 Å². The Kier molecular flexibility index (Phi) is 1.94. The van der Waals surface area contributed by atoms with Crippen molar-refractivity contribution in [2.45, 2.75) is 12.8 Å². The van der Waals surface area contributed by atoms with Gasteiger partial charge in [0.25, 0.3) is 6.43 Å². The Bertz CT molecular complexity index is 368. The largest absolute Gasteiger partial charge is 0.371 e. The molecule has 1 aliphatic heterocycles. The van der Waals surface area contributed by atoms with E-state index < -0.39 is 6.43 Å². The lowest BCUT2D eigenvalue weighted by atomic mass is 10.2. The molecule has 0 spiro atoms. The predicted molar refractivity (Wildman–Crippen MR) is 55.2 cm³/mol. The zero-order valence-corrected chi connectivity index (χ0v) is 8.37. The van der Waals surface area contributed by atoms with Gasteiger partial charge < -0.3 is 4.90 Å². The van der Waals surface area contributed by atoms with Crippen LogP contribution < -0.4 is 4.90 Å². The van der Waals surface area contributed by atoms with Crippen LogP contribution in [0.25, 0.3) is 0 Å². The lowest BCUT2D eigenvalue weighted by molar-refractivity contribution is 0.151. The Hall–Kier alpha value is -1.12. The highest BCUT2D eigenvalue weighted by Gasteiger charge is 2.45. The zero-order valence-electron chi connectivity index (χ0n) is 8.37. The smallest absolute Gasteiger partial charge is 0.263 e. The average molecular weight is 209 g/mol. The summed E-state index contributed by atoms with van der Waals surface area (Å²) in [7, 11) is 0. The Labute approximate surface area is 87.7 Å². The Morgan fingerprint density at radius 3 is 2.60 bits per heavy atom. The van der Waals surface area contributed by atoms with Crippen molar-refractivity contribution in [1.29, 1.82) is 0 Å². The monoisotopic (exact) mass is 209 g/mol. The molecule has 80 valence electrons. The van der Waals surface area contributed by atoms with Crippen molar-refractivity contribution in [3.05, 3.63) is 29.8 Å². The van der Waals surface area contributed by atoms with Crippen molar-refractivity contribution in [2.75, 3.05) is 18.0 Å². The number of rotatable bonds is 2. The first-order valence-electron chi connectivity index (χ1n) is 5.37. The summed E-state index contributed by atoms with van der Waals surface area (Å²) < 4.78 is 25.0. The molecule has 1 saturated carbocycles. The predicted octanol–water partition coefficient (Wildman–Crippen LogP) is 3.08. The minimum Gasteiger partial charge on any atom is -0.371 e. The van der Waals surface area contributed by atoms with Gasteiger partial charge in [-0.05, 0) is 30.4 Å². The maximum atomic E-state index is 12.5. The van der Waals surface area contributed by atoms with Crippen LogP contribution in [-0.4, -0.2) is 13.1 Å². The number of piperidine rings is 1. The van der Waals surface area contributed by atoms with E-state index in [4.69, 9.17) is 0 Å². The van der Waals surface area contributed by atoms with E-state index in [0.717, 1.165) is 30.6 Å². The molecule has 0 bridgehead atoms. The standard InChI is InChI=1S/C12H13F2N/c13-12(14)8-2-1-3-11(5-8)15-6-9-4-10(9)7-15/h1-3,5,9-10,12H,4,6-7H2. The molecular weight excluding hydrogens is 196 g/mol. The fourth-order valence-corrected chi connectivity index (χ4v) is 2.47. The van der Waals surface area contributed by atoms with Crippen LogP contribution in [0.2, 0.25) is 0 Å². The molecule has 2 fully saturated rings. The van der Waals surface area contributed by atoms with E-state index in [-0.39, 0.29) is 5.56 Å². The third-order valence-corrected chi connectivity index (χ3v) is 3.47. The molecule has 1 nitrogen and oxygen atoms in total. The van der Waals surface area contributed by atoms with Gasteiger partial charge in [0, 0.05) is 24.3 Å². The second kappa shape index (κ2) is 3.19. The molecule has 0 aromatic heterocycles. The van der Waals surface area contributed by atoms with E-state index in [2.05, 4.69) is 4.90 Å². The van der Waals surface area contributed by atoms with Gasteiger partial charge in [-0.2, -0.15) is 0 Å². The number of halogens is 2.